The lowest BCUT2D eigenvalue weighted by atomic mass is 9.74. The molecule has 4 aromatic rings. The van der Waals surface area contributed by atoms with E-state index in [9.17, 15) is 4.79 Å². The molecule has 1 amide bonds. The second-order valence-corrected chi connectivity index (χ2v) is 9.81. The zero-order valence-corrected chi connectivity index (χ0v) is 20.2. The summed E-state index contributed by atoms with van der Waals surface area (Å²) in [4.78, 5) is 20.4. The third-order valence-electron chi connectivity index (χ3n) is 6.95. The maximum absolute atomic E-state index is 13.7. The number of likely N-dealkylation sites (tertiary alicyclic amines) is 1. The molecule has 2 aromatic carbocycles. The van der Waals surface area contributed by atoms with Crippen molar-refractivity contribution in [3.8, 4) is 5.75 Å². The summed E-state index contributed by atoms with van der Waals surface area (Å²) in [5, 5.41) is 7.72. The van der Waals surface area contributed by atoms with Crippen molar-refractivity contribution in [2.24, 2.45) is 0 Å². The standard InChI is InChI=1S/C26H24BrN5O2/c27-21-15-29-32-16-19(23(30-24(21)32)28-14-18-6-2-1-3-7-18)25(33)31-12-10-26(11-13-31)17-34-22-9-5-4-8-20(22)26/h1-9,15-16H,10-14,17H2,(H,28,30). The van der Waals surface area contributed by atoms with Crippen LogP contribution in [0.25, 0.3) is 5.65 Å². The van der Waals surface area contributed by atoms with Crippen molar-refractivity contribution < 1.29 is 9.53 Å². The van der Waals surface area contributed by atoms with Gasteiger partial charge in [-0.2, -0.15) is 5.10 Å². The SMILES string of the molecule is O=C(c1cn2ncc(Br)c2nc1NCc1ccccc1)N1CCC2(CC1)COc1ccccc12. The number of rotatable bonds is 4. The molecule has 0 saturated carbocycles. The molecule has 4 heterocycles. The molecule has 0 atom stereocenters. The van der Waals surface area contributed by atoms with E-state index >= 15 is 0 Å². The summed E-state index contributed by atoms with van der Waals surface area (Å²) in [7, 11) is 0. The molecular weight excluding hydrogens is 494 g/mol. The maximum atomic E-state index is 13.7. The highest BCUT2D eigenvalue weighted by molar-refractivity contribution is 9.10. The van der Waals surface area contributed by atoms with E-state index in [1.807, 2.05) is 47.4 Å². The molecule has 8 heteroatoms. The van der Waals surface area contributed by atoms with Crippen LogP contribution in [0.2, 0.25) is 0 Å². The van der Waals surface area contributed by atoms with Crippen LogP contribution in [0.1, 0.15) is 34.3 Å². The topological polar surface area (TPSA) is 71.8 Å². The minimum atomic E-state index is -0.0290. The Bertz CT molecular complexity index is 1360. The van der Waals surface area contributed by atoms with Crippen molar-refractivity contribution in [2.45, 2.75) is 24.8 Å². The van der Waals surface area contributed by atoms with Gasteiger partial charge in [0.2, 0.25) is 0 Å². The molecule has 1 fully saturated rings. The smallest absolute Gasteiger partial charge is 0.259 e. The van der Waals surface area contributed by atoms with Gasteiger partial charge in [-0.15, -0.1) is 0 Å². The number of anilines is 1. The van der Waals surface area contributed by atoms with E-state index in [0.29, 0.717) is 43.3 Å². The van der Waals surface area contributed by atoms with Gasteiger partial charge in [-0.3, -0.25) is 4.79 Å². The van der Waals surface area contributed by atoms with Gasteiger partial charge >= 0.3 is 0 Å². The van der Waals surface area contributed by atoms with Crippen molar-refractivity contribution in [1.29, 1.82) is 0 Å². The fraction of sp³-hybridized carbons (Fsp3) is 0.269. The lowest BCUT2D eigenvalue weighted by molar-refractivity contribution is 0.0646. The minimum Gasteiger partial charge on any atom is -0.492 e. The number of nitrogens with zero attached hydrogens (tertiary/aromatic N) is 4. The Kier molecular flexibility index (Phi) is 5.25. The van der Waals surface area contributed by atoms with E-state index in [0.717, 1.165) is 28.6 Å². The third-order valence-corrected chi connectivity index (χ3v) is 7.51. The quantitative estimate of drug-likeness (QED) is 0.425. The van der Waals surface area contributed by atoms with Crippen molar-refractivity contribution in [3.05, 3.63) is 88.2 Å². The molecule has 0 aliphatic carbocycles. The van der Waals surface area contributed by atoms with Gasteiger partial charge in [0.15, 0.2) is 5.65 Å². The Morgan fingerprint density at radius 3 is 2.68 bits per heavy atom. The first-order chi connectivity index (χ1) is 16.6. The van der Waals surface area contributed by atoms with Crippen LogP contribution in [0.3, 0.4) is 0 Å². The number of para-hydroxylation sites is 1. The monoisotopic (exact) mass is 517 g/mol. The Hall–Kier alpha value is -3.39. The van der Waals surface area contributed by atoms with Crippen LogP contribution in [0.15, 0.2) is 71.5 Å². The van der Waals surface area contributed by atoms with Gasteiger partial charge in [-0.1, -0.05) is 48.5 Å². The lowest BCUT2D eigenvalue weighted by Gasteiger charge is -2.38. The molecule has 1 spiro atoms. The normalized spacial score (nSPS) is 16.4. The largest absolute Gasteiger partial charge is 0.492 e. The van der Waals surface area contributed by atoms with Crippen molar-refractivity contribution in [2.75, 3.05) is 25.0 Å². The molecule has 1 saturated heterocycles. The molecule has 6 rings (SSSR count). The molecule has 34 heavy (non-hydrogen) atoms. The predicted octanol–water partition coefficient (Wildman–Crippen LogP) is 4.67. The number of aromatic nitrogens is 3. The van der Waals surface area contributed by atoms with Crippen LogP contribution in [-0.2, 0) is 12.0 Å². The molecule has 2 aliphatic heterocycles. The lowest BCUT2D eigenvalue weighted by Crippen LogP contribution is -2.46. The Labute approximate surface area is 205 Å². The summed E-state index contributed by atoms with van der Waals surface area (Å²) in [5.41, 5.74) is 3.59. The molecule has 2 aliphatic rings. The highest BCUT2D eigenvalue weighted by Gasteiger charge is 2.43. The second-order valence-electron chi connectivity index (χ2n) is 8.96. The van der Waals surface area contributed by atoms with Gasteiger partial charge in [-0.25, -0.2) is 9.50 Å². The molecule has 2 aromatic heterocycles. The van der Waals surface area contributed by atoms with Crippen molar-refractivity contribution in [3.63, 3.8) is 0 Å². The number of amides is 1. The van der Waals surface area contributed by atoms with Gasteiger partial charge < -0.3 is 15.0 Å². The van der Waals surface area contributed by atoms with E-state index < -0.39 is 0 Å². The second kappa shape index (κ2) is 8.43. The van der Waals surface area contributed by atoms with Gasteiger partial charge in [0.1, 0.15) is 17.1 Å². The molecule has 0 bridgehead atoms. The summed E-state index contributed by atoms with van der Waals surface area (Å²) in [6, 6.07) is 18.4. The molecule has 1 N–H and O–H groups in total. The van der Waals surface area contributed by atoms with Gasteiger partial charge in [0.25, 0.3) is 5.91 Å². The highest BCUT2D eigenvalue weighted by Crippen LogP contribution is 2.45. The van der Waals surface area contributed by atoms with Crippen LogP contribution in [0.4, 0.5) is 5.82 Å². The van der Waals surface area contributed by atoms with Crippen LogP contribution in [-0.4, -0.2) is 45.1 Å². The molecule has 7 nitrogen and oxygen atoms in total. The number of hydrogen-bond donors (Lipinski definition) is 1. The molecule has 0 unspecified atom stereocenters. The average Bonchev–Trinajstić information content (AvgIpc) is 3.43. The number of nitrogens with one attached hydrogen (secondary N) is 1. The summed E-state index contributed by atoms with van der Waals surface area (Å²) in [5.74, 6) is 1.52. The van der Waals surface area contributed by atoms with Gasteiger partial charge in [-0.05, 0) is 40.4 Å². The van der Waals surface area contributed by atoms with Crippen molar-refractivity contribution in [1.82, 2.24) is 19.5 Å². The maximum Gasteiger partial charge on any atom is 0.259 e. The minimum absolute atomic E-state index is 0.00316. The van der Waals surface area contributed by atoms with E-state index in [-0.39, 0.29) is 11.3 Å². The summed E-state index contributed by atoms with van der Waals surface area (Å²) in [6.45, 7) is 2.62. The number of carbonyl (C=O) groups excluding carboxylic acids is 1. The van der Waals surface area contributed by atoms with Crippen molar-refractivity contribution >= 4 is 33.3 Å². The number of hydrogen-bond acceptors (Lipinski definition) is 5. The van der Waals surface area contributed by atoms with E-state index in [2.05, 4.69) is 38.5 Å². The zero-order chi connectivity index (χ0) is 23.1. The van der Waals surface area contributed by atoms with Gasteiger partial charge in [0.05, 0.1) is 17.3 Å². The predicted molar refractivity (Wildman–Crippen MR) is 133 cm³/mol. The molecule has 0 radical (unpaired) electrons. The number of fused-ring (bicyclic) bond motifs is 3. The average molecular weight is 518 g/mol. The first kappa shape index (κ1) is 21.2. The van der Waals surface area contributed by atoms with Crippen LogP contribution >= 0.6 is 15.9 Å². The Balaban J connectivity index is 1.26. The molecule has 172 valence electrons. The first-order valence-corrected chi connectivity index (χ1v) is 12.3. The molecular formula is C26H24BrN5O2. The van der Waals surface area contributed by atoms with E-state index in [4.69, 9.17) is 9.72 Å². The Morgan fingerprint density at radius 2 is 1.85 bits per heavy atom. The highest BCUT2D eigenvalue weighted by atomic mass is 79.9. The van der Waals surface area contributed by atoms with Crippen LogP contribution in [0.5, 0.6) is 5.75 Å². The fourth-order valence-corrected chi connectivity index (χ4v) is 5.36. The Morgan fingerprint density at radius 1 is 1.09 bits per heavy atom. The summed E-state index contributed by atoms with van der Waals surface area (Å²) < 4.78 is 8.41. The number of halogens is 1. The van der Waals surface area contributed by atoms with E-state index in [1.165, 1.54) is 5.56 Å². The third kappa shape index (κ3) is 3.62. The number of carbonyl (C=O) groups is 1. The fourth-order valence-electron chi connectivity index (χ4n) is 5.00. The number of piperidine rings is 1. The van der Waals surface area contributed by atoms with Crippen LogP contribution in [0, 0.1) is 0 Å². The first-order valence-electron chi connectivity index (χ1n) is 11.5. The summed E-state index contributed by atoms with van der Waals surface area (Å²) in [6.07, 6.45) is 5.23. The van der Waals surface area contributed by atoms with Crippen LogP contribution < -0.4 is 10.1 Å². The summed E-state index contributed by atoms with van der Waals surface area (Å²) >= 11 is 3.50. The zero-order valence-electron chi connectivity index (χ0n) is 18.6. The number of benzene rings is 2. The van der Waals surface area contributed by atoms with E-state index in [1.54, 1.807) is 16.9 Å². The van der Waals surface area contributed by atoms with Gasteiger partial charge in [0, 0.05) is 36.8 Å². The number of ether oxygens (including phenoxy) is 1.